The van der Waals surface area contributed by atoms with Crippen LogP contribution in [-0.4, -0.2) is 5.33 Å². The maximum atomic E-state index is 5.82. The molecule has 0 unspecified atom stereocenters. The molecule has 1 nitrogen and oxygen atoms in total. The molecule has 0 bridgehead atoms. The molecule has 0 amide bonds. The molecule has 0 atom stereocenters. The fourth-order valence-electron chi connectivity index (χ4n) is 0.817. The van der Waals surface area contributed by atoms with Crippen molar-refractivity contribution in [3.05, 3.63) is 28.8 Å². The minimum atomic E-state index is 0.561. The molecule has 0 spiro atoms. The van der Waals surface area contributed by atoms with Gasteiger partial charge in [-0.3, -0.25) is 0 Å². The Balaban J connectivity index is 2.81. The monoisotopic (exact) mass is 257 g/mol. The number of hydrogen-bond acceptors (Lipinski definition) is 1. The van der Waals surface area contributed by atoms with E-state index in [4.69, 9.17) is 17.3 Å². The summed E-state index contributed by atoms with van der Waals surface area (Å²) in [4.78, 5) is 0. The van der Waals surface area contributed by atoms with E-state index in [0.717, 1.165) is 17.3 Å². The van der Waals surface area contributed by atoms with Crippen LogP contribution in [0.1, 0.15) is 12.0 Å². The van der Waals surface area contributed by atoms with Gasteiger partial charge in [0, 0.05) is 17.3 Å². The number of rotatable bonds is 1. The van der Waals surface area contributed by atoms with Crippen molar-refractivity contribution in [2.45, 2.75) is 6.42 Å². The molecule has 0 radical (unpaired) electrons. The Morgan fingerprint density at radius 3 is 2.85 bits per heavy atom. The number of nitrogens with two attached hydrogens (primary N) is 1. The zero-order chi connectivity index (χ0) is 9.68. The first kappa shape index (κ1) is 10.4. The van der Waals surface area contributed by atoms with Gasteiger partial charge in [0.15, 0.2) is 0 Å². The van der Waals surface area contributed by atoms with Crippen molar-refractivity contribution >= 4 is 33.2 Å². The molecule has 0 aromatic heterocycles. The molecule has 1 aromatic rings. The van der Waals surface area contributed by atoms with Gasteiger partial charge in [-0.05, 0) is 18.2 Å². The Bertz CT molecular complexity index is 352. The summed E-state index contributed by atoms with van der Waals surface area (Å²) >= 11 is 9.13. The van der Waals surface area contributed by atoms with Crippen LogP contribution < -0.4 is 5.73 Å². The van der Waals surface area contributed by atoms with E-state index in [1.54, 1.807) is 12.1 Å². The van der Waals surface area contributed by atoms with E-state index in [1.165, 1.54) is 0 Å². The van der Waals surface area contributed by atoms with Gasteiger partial charge in [0.25, 0.3) is 0 Å². The van der Waals surface area contributed by atoms with Gasteiger partial charge in [-0.15, -0.1) is 0 Å². The second-order valence-electron chi connectivity index (χ2n) is 2.48. The number of hydrogen-bond donors (Lipinski definition) is 1. The predicted octanol–water partition coefficient (Wildman–Crippen LogP) is 3.06. The highest BCUT2D eigenvalue weighted by atomic mass is 79.9. The summed E-state index contributed by atoms with van der Waals surface area (Å²) in [7, 11) is 0. The van der Waals surface area contributed by atoms with Crippen molar-refractivity contribution < 1.29 is 0 Å². The van der Waals surface area contributed by atoms with Crippen LogP contribution in [0.15, 0.2) is 18.2 Å². The molecule has 0 fully saturated rings. The quantitative estimate of drug-likeness (QED) is 0.468. The summed E-state index contributed by atoms with van der Waals surface area (Å²) in [5.41, 5.74) is 7.05. The van der Waals surface area contributed by atoms with Gasteiger partial charge < -0.3 is 5.73 Å². The van der Waals surface area contributed by atoms with Crippen LogP contribution in [0.4, 0.5) is 5.69 Å². The van der Waals surface area contributed by atoms with Gasteiger partial charge in [0.05, 0.1) is 10.7 Å². The summed E-state index contributed by atoms with van der Waals surface area (Å²) in [6.07, 6.45) is 0.835. The van der Waals surface area contributed by atoms with Crippen molar-refractivity contribution in [2.24, 2.45) is 0 Å². The van der Waals surface area contributed by atoms with Crippen LogP contribution >= 0.6 is 27.5 Å². The fraction of sp³-hybridized carbons (Fsp3) is 0.200. The highest BCUT2D eigenvalue weighted by molar-refractivity contribution is 9.09. The molecule has 0 aliphatic carbocycles. The lowest BCUT2D eigenvalue weighted by atomic mass is 10.2. The predicted molar refractivity (Wildman–Crippen MR) is 61.2 cm³/mol. The number of anilines is 1. The van der Waals surface area contributed by atoms with E-state index in [-0.39, 0.29) is 0 Å². The second kappa shape index (κ2) is 5.16. The Morgan fingerprint density at radius 1 is 1.46 bits per heavy atom. The average Bonchev–Trinajstić information content (AvgIpc) is 2.12. The third-order valence-electron chi connectivity index (χ3n) is 1.45. The fourth-order valence-corrected chi connectivity index (χ4v) is 1.20. The lowest BCUT2D eigenvalue weighted by Gasteiger charge is -1.96. The van der Waals surface area contributed by atoms with Gasteiger partial charge in [-0.1, -0.05) is 39.4 Å². The molecule has 0 heterocycles. The minimum absolute atomic E-state index is 0.561. The van der Waals surface area contributed by atoms with Crippen LogP contribution in [0.25, 0.3) is 0 Å². The number of benzene rings is 1. The van der Waals surface area contributed by atoms with E-state index >= 15 is 0 Å². The summed E-state index contributed by atoms with van der Waals surface area (Å²) in [6, 6.07) is 5.40. The van der Waals surface area contributed by atoms with Crippen molar-refractivity contribution in [3.63, 3.8) is 0 Å². The van der Waals surface area contributed by atoms with E-state index < -0.39 is 0 Å². The third kappa shape index (κ3) is 3.30. The maximum absolute atomic E-state index is 5.82. The van der Waals surface area contributed by atoms with E-state index in [0.29, 0.717) is 10.7 Å². The standard InChI is InChI=1S/C10H9BrClN/c11-6-2-1-3-8-4-5-10(13)9(12)7-8/h4-5,7H,2,6,13H2. The Morgan fingerprint density at radius 2 is 2.23 bits per heavy atom. The first-order chi connectivity index (χ1) is 6.24. The molecule has 2 N–H and O–H groups in total. The first-order valence-corrected chi connectivity index (χ1v) is 5.34. The molecular weight excluding hydrogens is 249 g/mol. The summed E-state index contributed by atoms with van der Waals surface area (Å²) < 4.78 is 0. The average molecular weight is 259 g/mol. The Kier molecular flexibility index (Phi) is 4.14. The largest absolute Gasteiger partial charge is 0.398 e. The van der Waals surface area contributed by atoms with Gasteiger partial charge in [-0.2, -0.15) is 0 Å². The molecule has 3 heteroatoms. The molecule has 1 aromatic carbocycles. The third-order valence-corrected chi connectivity index (χ3v) is 2.18. The molecule has 1 rings (SSSR count). The van der Waals surface area contributed by atoms with Gasteiger partial charge >= 0.3 is 0 Å². The minimum Gasteiger partial charge on any atom is -0.398 e. The second-order valence-corrected chi connectivity index (χ2v) is 3.68. The summed E-state index contributed by atoms with van der Waals surface area (Å²) in [5, 5.41) is 1.45. The van der Waals surface area contributed by atoms with Gasteiger partial charge in [-0.25, -0.2) is 0 Å². The normalized spacial score (nSPS) is 9.08. The Labute approximate surface area is 91.4 Å². The van der Waals surface area contributed by atoms with Gasteiger partial charge in [0.2, 0.25) is 0 Å². The highest BCUT2D eigenvalue weighted by Crippen LogP contribution is 2.18. The lowest BCUT2D eigenvalue weighted by molar-refractivity contribution is 1.32. The summed E-state index contributed by atoms with van der Waals surface area (Å²) in [6.45, 7) is 0. The van der Waals surface area contributed by atoms with Gasteiger partial charge in [0.1, 0.15) is 0 Å². The number of nitrogen functional groups attached to an aromatic ring is 1. The smallest absolute Gasteiger partial charge is 0.0647 e. The molecular formula is C10H9BrClN. The van der Waals surface area contributed by atoms with E-state index in [2.05, 4.69) is 27.8 Å². The van der Waals surface area contributed by atoms with Crippen molar-refractivity contribution in [1.82, 2.24) is 0 Å². The molecule has 0 aliphatic heterocycles. The lowest BCUT2D eigenvalue weighted by Crippen LogP contribution is -1.86. The van der Waals surface area contributed by atoms with Crippen LogP contribution in [-0.2, 0) is 0 Å². The van der Waals surface area contributed by atoms with Crippen LogP contribution in [0.5, 0.6) is 0 Å². The molecule has 0 aliphatic rings. The number of halogens is 2. The Hall–Kier alpha value is -0.650. The van der Waals surface area contributed by atoms with Crippen LogP contribution in [0, 0.1) is 11.8 Å². The molecule has 0 saturated heterocycles. The van der Waals surface area contributed by atoms with Crippen LogP contribution in [0.2, 0.25) is 5.02 Å². The zero-order valence-corrected chi connectivity index (χ0v) is 9.32. The summed E-state index contributed by atoms with van der Waals surface area (Å²) in [5.74, 6) is 6.00. The highest BCUT2D eigenvalue weighted by Gasteiger charge is 1.94. The SMILES string of the molecule is Nc1ccc(C#CCCBr)cc1Cl. The topological polar surface area (TPSA) is 26.0 Å². The molecule has 68 valence electrons. The molecule has 0 saturated carbocycles. The van der Waals surface area contributed by atoms with E-state index in [9.17, 15) is 0 Å². The van der Waals surface area contributed by atoms with E-state index in [1.807, 2.05) is 6.07 Å². The van der Waals surface area contributed by atoms with Crippen molar-refractivity contribution in [2.75, 3.05) is 11.1 Å². The van der Waals surface area contributed by atoms with Crippen molar-refractivity contribution in [3.8, 4) is 11.8 Å². The first-order valence-electron chi connectivity index (χ1n) is 3.84. The zero-order valence-electron chi connectivity index (χ0n) is 6.98. The molecule has 13 heavy (non-hydrogen) atoms. The maximum Gasteiger partial charge on any atom is 0.0647 e. The number of alkyl halides is 1. The van der Waals surface area contributed by atoms with Crippen LogP contribution in [0.3, 0.4) is 0 Å². The van der Waals surface area contributed by atoms with Crippen molar-refractivity contribution in [1.29, 1.82) is 0 Å².